The summed E-state index contributed by atoms with van der Waals surface area (Å²) in [5, 5.41) is 4.67. The third-order valence-corrected chi connectivity index (χ3v) is 4.76. The Labute approximate surface area is 182 Å². The number of hydrogen-bond acceptors (Lipinski definition) is 7. The molecule has 0 atom stereocenters. The third-order valence-electron chi connectivity index (χ3n) is 4.00. The topological polar surface area (TPSA) is 86.8 Å². The molecular weight excluding hydrogens is 423 g/mol. The average molecular weight is 444 g/mol. The summed E-state index contributed by atoms with van der Waals surface area (Å²) in [5.41, 5.74) is 1.58. The first-order valence-electron chi connectivity index (χ1n) is 9.58. The minimum atomic E-state index is -0.662. The van der Waals surface area contributed by atoms with Crippen LogP contribution in [0.25, 0.3) is 11.3 Å². The summed E-state index contributed by atoms with van der Waals surface area (Å²) in [6.45, 7) is 4.08. The van der Waals surface area contributed by atoms with E-state index in [2.05, 4.69) is 10.3 Å². The van der Waals surface area contributed by atoms with E-state index in [-0.39, 0.29) is 11.4 Å². The van der Waals surface area contributed by atoms with Crippen LogP contribution in [0.4, 0.5) is 9.52 Å². The van der Waals surface area contributed by atoms with Crippen molar-refractivity contribution in [3.05, 3.63) is 59.2 Å². The van der Waals surface area contributed by atoms with Gasteiger partial charge in [-0.1, -0.05) is 0 Å². The number of nitrogens with zero attached hydrogens (tertiary/aromatic N) is 1. The molecular formula is C22H21FN2O5S. The standard InChI is InChI=1S/C22H21FN2O5S/c1-3-28-18-10-7-15(11-19(18)29-4-2)21(27)30-12-20(26)25-22-24-17(13-31-22)14-5-8-16(23)9-6-14/h5-11,13H,3-4,12H2,1-2H3,(H,24,25,26). The normalized spacial score (nSPS) is 10.4. The van der Waals surface area contributed by atoms with Gasteiger partial charge in [0, 0.05) is 10.9 Å². The summed E-state index contributed by atoms with van der Waals surface area (Å²) in [4.78, 5) is 28.7. The lowest BCUT2D eigenvalue weighted by molar-refractivity contribution is -0.119. The van der Waals surface area contributed by atoms with Crippen LogP contribution in [0.1, 0.15) is 24.2 Å². The van der Waals surface area contributed by atoms with Crippen LogP contribution in [-0.2, 0) is 9.53 Å². The molecule has 0 spiro atoms. The van der Waals surface area contributed by atoms with Gasteiger partial charge >= 0.3 is 5.97 Å². The number of anilines is 1. The van der Waals surface area contributed by atoms with Gasteiger partial charge in [0.15, 0.2) is 23.2 Å². The van der Waals surface area contributed by atoms with Gasteiger partial charge in [-0.3, -0.25) is 10.1 Å². The molecule has 31 heavy (non-hydrogen) atoms. The van der Waals surface area contributed by atoms with Crippen LogP contribution in [0.15, 0.2) is 47.8 Å². The van der Waals surface area contributed by atoms with Gasteiger partial charge in [0.2, 0.25) is 0 Å². The predicted molar refractivity (Wildman–Crippen MR) is 115 cm³/mol. The Morgan fingerprint density at radius 2 is 1.74 bits per heavy atom. The zero-order valence-corrected chi connectivity index (χ0v) is 17.8. The minimum absolute atomic E-state index is 0.243. The number of carbonyl (C=O) groups excluding carboxylic acids is 2. The molecule has 0 saturated heterocycles. The first-order chi connectivity index (χ1) is 15.0. The van der Waals surface area contributed by atoms with Gasteiger partial charge in [-0.15, -0.1) is 11.3 Å². The highest BCUT2D eigenvalue weighted by atomic mass is 32.1. The Morgan fingerprint density at radius 3 is 2.45 bits per heavy atom. The second-order valence-corrected chi connectivity index (χ2v) is 7.05. The van der Waals surface area contributed by atoms with Crippen molar-refractivity contribution in [2.75, 3.05) is 25.1 Å². The van der Waals surface area contributed by atoms with Gasteiger partial charge in [0.25, 0.3) is 5.91 Å². The molecule has 0 aliphatic carbocycles. The van der Waals surface area contributed by atoms with Crippen molar-refractivity contribution >= 4 is 28.3 Å². The van der Waals surface area contributed by atoms with Crippen LogP contribution in [-0.4, -0.2) is 36.7 Å². The zero-order valence-electron chi connectivity index (χ0n) is 17.0. The molecule has 162 valence electrons. The summed E-state index contributed by atoms with van der Waals surface area (Å²) in [7, 11) is 0. The van der Waals surface area contributed by atoms with Crippen LogP contribution in [0.2, 0.25) is 0 Å². The summed E-state index contributed by atoms with van der Waals surface area (Å²) in [5.74, 6) is -0.566. The summed E-state index contributed by atoms with van der Waals surface area (Å²) < 4.78 is 29.1. The molecule has 2 aromatic carbocycles. The Morgan fingerprint density at radius 1 is 1.03 bits per heavy atom. The fourth-order valence-electron chi connectivity index (χ4n) is 2.63. The highest BCUT2D eigenvalue weighted by Crippen LogP contribution is 2.29. The van der Waals surface area contributed by atoms with E-state index in [1.54, 1.807) is 29.6 Å². The van der Waals surface area contributed by atoms with Gasteiger partial charge in [0.1, 0.15) is 5.82 Å². The molecule has 1 N–H and O–H groups in total. The molecule has 0 fully saturated rings. The Balaban J connectivity index is 1.56. The van der Waals surface area contributed by atoms with Gasteiger partial charge in [-0.2, -0.15) is 0 Å². The minimum Gasteiger partial charge on any atom is -0.490 e. The summed E-state index contributed by atoms with van der Waals surface area (Å²) >= 11 is 1.21. The third kappa shape index (κ3) is 6.02. The maximum Gasteiger partial charge on any atom is 0.338 e. The van der Waals surface area contributed by atoms with Gasteiger partial charge in [0.05, 0.1) is 24.5 Å². The fraction of sp³-hybridized carbons (Fsp3) is 0.227. The van der Waals surface area contributed by atoms with Crippen LogP contribution in [0.3, 0.4) is 0 Å². The van der Waals surface area contributed by atoms with E-state index in [0.29, 0.717) is 35.5 Å². The van der Waals surface area contributed by atoms with Gasteiger partial charge in [-0.25, -0.2) is 14.2 Å². The van der Waals surface area contributed by atoms with Crippen molar-refractivity contribution in [3.63, 3.8) is 0 Å². The molecule has 0 unspecified atom stereocenters. The first kappa shape index (κ1) is 22.2. The van der Waals surface area contributed by atoms with E-state index in [9.17, 15) is 14.0 Å². The van der Waals surface area contributed by atoms with Crippen LogP contribution in [0, 0.1) is 5.82 Å². The molecule has 1 amide bonds. The number of carbonyl (C=O) groups is 2. The van der Waals surface area contributed by atoms with Crippen molar-refractivity contribution in [3.8, 4) is 22.8 Å². The van der Waals surface area contributed by atoms with Crippen LogP contribution < -0.4 is 14.8 Å². The van der Waals surface area contributed by atoms with Crippen molar-refractivity contribution in [2.45, 2.75) is 13.8 Å². The maximum absolute atomic E-state index is 13.0. The number of ether oxygens (including phenoxy) is 3. The molecule has 3 aromatic rings. The first-order valence-corrected chi connectivity index (χ1v) is 10.5. The summed E-state index contributed by atoms with van der Waals surface area (Å²) in [6.07, 6.45) is 0. The van der Waals surface area contributed by atoms with E-state index >= 15 is 0 Å². The number of aromatic nitrogens is 1. The molecule has 3 rings (SSSR count). The van der Waals surface area contributed by atoms with E-state index in [1.807, 2.05) is 13.8 Å². The highest BCUT2D eigenvalue weighted by molar-refractivity contribution is 7.14. The largest absolute Gasteiger partial charge is 0.490 e. The average Bonchev–Trinajstić information content (AvgIpc) is 3.22. The SMILES string of the molecule is CCOc1ccc(C(=O)OCC(=O)Nc2nc(-c3ccc(F)cc3)cs2)cc1OCC. The molecule has 7 nitrogen and oxygen atoms in total. The number of rotatable bonds is 9. The van der Waals surface area contributed by atoms with Gasteiger partial charge in [-0.05, 0) is 56.3 Å². The van der Waals surface area contributed by atoms with Gasteiger partial charge < -0.3 is 14.2 Å². The molecule has 0 bridgehead atoms. The van der Waals surface area contributed by atoms with E-state index in [0.717, 1.165) is 5.56 Å². The van der Waals surface area contributed by atoms with E-state index in [1.165, 1.54) is 29.5 Å². The molecule has 0 aliphatic heterocycles. The monoisotopic (exact) mass is 444 g/mol. The number of thiazole rings is 1. The van der Waals surface area contributed by atoms with Crippen molar-refractivity contribution < 1.29 is 28.2 Å². The Kier molecular flexibility index (Phi) is 7.55. The van der Waals surface area contributed by atoms with E-state index < -0.39 is 18.5 Å². The summed E-state index contributed by atoms with van der Waals surface area (Å²) in [6, 6.07) is 10.6. The zero-order chi connectivity index (χ0) is 22.2. The lowest BCUT2D eigenvalue weighted by atomic mass is 10.2. The molecule has 0 radical (unpaired) electrons. The molecule has 1 heterocycles. The number of nitrogens with one attached hydrogen (secondary N) is 1. The predicted octanol–water partition coefficient (Wildman–Crippen LogP) is 4.54. The second kappa shape index (κ2) is 10.5. The van der Waals surface area contributed by atoms with Crippen molar-refractivity contribution in [2.24, 2.45) is 0 Å². The van der Waals surface area contributed by atoms with Crippen molar-refractivity contribution in [1.82, 2.24) is 4.98 Å². The fourth-order valence-corrected chi connectivity index (χ4v) is 3.37. The maximum atomic E-state index is 13.0. The van der Waals surface area contributed by atoms with E-state index in [4.69, 9.17) is 14.2 Å². The lowest BCUT2D eigenvalue weighted by Gasteiger charge is -2.12. The van der Waals surface area contributed by atoms with Crippen molar-refractivity contribution in [1.29, 1.82) is 0 Å². The van der Waals surface area contributed by atoms with Crippen LogP contribution in [0.5, 0.6) is 11.5 Å². The lowest BCUT2D eigenvalue weighted by Crippen LogP contribution is -2.20. The number of halogens is 1. The Hall–Kier alpha value is -3.46. The Bertz CT molecular complexity index is 1050. The quantitative estimate of drug-likeness (QED) is 0.488. The number of hydrogen-bond donors (Lipinski definition) is 1. The highest BCUT2D eigenvalue weighted by Gasteiger charge is 2.15. The number of esters is 1. The molecule has 9 heteroatoms. The number of benzene rings is 2. The smallest absolute Gasteiger partial charge is 0.338 e. The molecule has 1 aromatic heterocycles. The number of amides is 1. The molecule has 0 aliphatic rings. The molecule has 0 saturated carbocycles. The van der Waals surface area contributed by atoms with Crippen LogP contribution >= 0.6 is 11.3 Å². The second-order valence-electron chi connectivity index (χ2n) is 6.20.